The molecule has 0 bridgehead atoms. The molecule has 0 saturated heterocycles. The molecule has 2 aromatic rings. The first-order valence-electron chi connectivity index (χ1n) is 7.05. The van der Waals surface area contributed by atoms with Crippen molar-refractivity contribution in [1.82, 2.24) is 5.32 Å². The van der Waals surface area contributed by atoms with E-state index in [0.717, 1.165) is 22.2 Å². The Bertz CT molecular complexity index is 661. The Morgan fingerprint density at radius 3 is 2.73 bits per heavy atom. The van der Waals surface area contributed by atoms with Crippen LogP contribution < -0.4 is 10.1 Å². The van der Waals surface area contributed by atoms with E-state index in [1.165, 1.54) is 0 Å². The van der Waals surface area contributed by atoms with E-state index in [-0.39, 0.29) is 5.91 Å². The van der Waals surface area contributed by atoms with Gasteiger partial charge in [-0.2, -0.15) is 0 Å². The molecule has 0 atom stereocenters. The fourth-order valence-corrected chi connectivity index (χ4v) is 2.59. The largest absolute Gasteiger partial charge is 0.492 e. The van der Waals surface area contributed by atoms with Crippen LogP contribution >= 0.6 is 27.5 Å². The normalized spacial score (nSPS) is 10.3. The highest BCUT2D eigenvalue weighted by atomic mass is 79.9. The minimum absolute atomic E-state index is 0.150. The topological polar surface area (TPSA) is 38.3 Å². The monoisotopic (exact) mass is 381 g/mol. The second-order valence-corrected chi connectivity index (χ2v) is 6.03. The fraction of sp³-hybridized carbons (Fsp3) is 0.235. The lowest BCUT2D eigenvalue weighted by molar-refractivity contribution is 0.0951. The molecule has 0 aromatic heterocycles. The van der Waals surface area contributed by atoms with E-state index in [9.17, 15) is 4.79 Å². The summed E-state index contributed by atoms with van der Waals surface area (Å²) < 4.78 is 6.34. The summed E-state index contributed by atoms with van der Waals surface area (Å²) >= 11 is 9.50. The molecule has 0 aliphatic heterocycles. The number of carbonyl (C=O) groups is 1. The maximum Gasteiger partial charge on any atom is 0.251 e. The number of carbonyl (C=O) groups excluding carboxylic acids is 1. The number of ether oxygens (including phenoxy) is 1. The van der Waals surface area contributed by atoms with Crippen molar-refractivity contribution in [2.24, 2.45) is 0 Å². The van der Waals surface area contributed by atoms with Gasteiger partial charge >= 0.3 is 0 Å². The minimum atomic E-state index is -0.150. The van der Waals surface area contributed by atoms with Crippen molar-refractivity contribution in [3.05, 3.63) is 63.1 Å². The lowest BCUT2D eigenvalue weighted by atomic mass is 10.2. The van der Waals surface area contributed by atoms with Gasteiger partial charge < -0.3 is 10.1 Å². The van der Waals surface area contributed by atoms with Gasteiger partial charge in [-0.1, -0.05) is 36.7 Å². The predicted octanol–water partition coefficient (Wildman–Crippen LogP) is 4.82. The summed E-state index contributed by atoms with van der Waals surface area (Å²) in [6.45, 7) is 3.09. The van der Waals surface area contributed by atoms with E-state index in [2.05, 4.69) is 21.2 Å². The van der Waals surface area contributed by atoms with Gasteiger partial charge in [0.15, 0.2) is 0 Å². The molecule has 0 radical (unpaired) electrons. The highest BCUT2D eigenvalue weighted by Crippen LogP contribution is 2.26. The molecular weight excluding hydrogens is 366 g/mol. The molecule has 2 aromatic carbocycles. The first-order chi connectivity index (χ1) is 10.6. The highest BCUT2D eigenvalue weighted by molar-refractivity contribution is 9.10. The summed E-state index contributed by atoms with van der Waals surface area (Å²) in [6, 6.07) is 12.7. The zero-order chi connectivity index (χ0) is 15.9. The van der Waals surface area contributed by atoms with Crippen molar-refractivity contribution in [3.63, 3.8) is 0 Å². The van der Waals surface area contributed by atoms with Gasteiger partial charge in [0.05, 0.1) is 11.1 Å². The number of rotatable bonds is 6. The van der Waals surface area contributed by atoms with Gasteiger partial charge in [0, 0.05) is 17.1 Å². The lowest BCUT2D eigenvalue weighted by Crippen LogP contribution is -2.22. The van der Waals surface area contributed by atoms with Crippen LogP contribution in [0.15, 0.2) is 46.9 Å². The third-order valence-corrected chi connectivity index (χ3v) is 4.04. The van der Waals surface area contributed by atoms with Crippen molar-refractivity contribution in [3.8, 4) is 5.75 Å². The smallest absolute Gasteiger partial charge is 0.251 e. The van der Waals surface area contributed by atoms with Crippen LogP contribution in [0.2, 0.25) is 5.02 Å². The van der Waals surface area contributed by atoms with E-state index in [0.29, 0.717) is 23.7 Å². The van der Waals surface area contributed by atoms with Gasteiger partial charge in [0.2, 0.25) is 0 Å². The van der Waals surface area contributed by atoms with Crippen molar-refractivity contribution in [2.45, 2.75) is 19.9 Å². The molecular formula is C17H17BrClNO2. The zero-order valence-corrected chi connectivity index (χ0v) is 14.6. The maximum absolute atomic E-state index is 12.2. The van der Waals surface area contributed by atoms with Crippen molar-refractivity contribution in [2.75, 3.05) is 6.61 Å². The quantitative estimate of drug-likeness (QED) is 0.777. The highest BCUT2D eigenvalue weighted by Gasteiger charge is 2.09. The molecule has 0 spiro atoms. The summed E-state index contributed by atoms with van der Waals surface area (Å²) in [5.74, 6) is 0.590. The number of hydrogen-bond donors (Lipinski definition) is 1. The molecule has 0 aliphatic rings. The minimum Gasteiger partial charge on any atom is -0.492 e. The second-order valence-electron chi connectivity index (χ2n) is 4.77. The van der Waals surface area contributed by atoms with E-state index < -0.39 is 0 Å². The molecule has 3 nitrogen and oxygen atoms in total. The Hall–Kier alpha value is -1.52. The average Bonchev–Trinajstić information content (AvgIpc) is 2.52. The Morgan fingerprint density at radius 1 is 1.27 bits per heavy atom. The van der Waals surface area contributed by atoms with Gasteiger partial charge in [-0.25, -0.2) is 0 Å². The Kier molecular flexibility index (Phi) is 6.28. The van der Waals surface area contributed by atoms with Crippen LogP contribution in [0, 0.1) is 0 Å². The average molecular weight is 383 g/mol. The molecule has 22 heavy (non-hydrogen) atoms. The summed E-state index contributed by atoms with van der Waals surface area (Å²) in [5.41, 5.74) is 1.46. The molecule has 0 fully saturated rings. The number of amides is 1. The molecule has 0 saturated carbocycles. The first kappa shape index (κ1) is 16.8. The maximum atomic E-state index is 12.2. The molecule has 1 N–H and O–H groups in total. The second kappa shape index (κ2) is 8.20. The molecule has 1 amide bonds. The van der Waals surface area contributed by atoms with E-state index in [1.54, 1.807) is 24.3 Å². The van der Waals surface area contributed by atoms with E-state index in [1.807, 2.05) is 25.1 Å². The molecule has 5 heteroatoms. The molecule has 116 valence electrons. The number of halogens is 2. The third-order valence-electron chi connectivity index (χ3n) is 3.05. The van der Waals surface area contributed by atoms with E-state index >= 15 is 0 Å². The van der Waals surface area contributed by atoms with Crippen LogP contribution in [0.3, 0.4) is 0 Å². The zero-order valence-electron chi connectivity index (χ0n) is 12.2. The third kappa shape index (κ3) is 4.49. The van der Waals surface area contributed by atoms with Gasteiger partial charge in [0.1, 0.15) is 5.75 Å². The Labute approximate surface area is 143 Å². The van der Waals surface area contributed by atoms with Gasteiger partial charge in [-0.3, -0.25) is 4.79 Å². The van der Waals surface area contributed by atoms with Crippen molar-refractivity contribution in [1.29, 1.82) is 0 Å². The van der Waals surface area contributed by atoms with Crippen molar-refractivity contribution < 1.29 is 9.53 Å². The van der Waals surface area contributed by atoms with Gasteiger partial charge in [-0.05, 0) is 52.2 Å². The van der Waals surface area contributed by atoms with Gasteiger partial charge in [0.25, 0.3) is 5.91 Å². The summed E-state index contributed by atoms with van der Waals surface area (Å²) in [6.07, 6.45) is 0.937. The Balaban J connectivity index is 2.01. The standard InChI is InChI=1S/C17H17BrClNO2/c1-2-9-22-16-8-7-12(10-14(16)18)17(21)20-11-13-5-3-4-6-15(13)19/h3-8,10H,2,9,11H2,1H3,(H,20,21). The van der Waals surface area contributed by atoms with Crippen LogP contribution in [0.1, 0.15) is 29.3 Å². The van der Waals surface area contributed by atoms with Gasteiger partial charge in [-0.15, -0.1) is 0 Å². The van der Waals surface area contributed by atoms with Crippen molar-refractivity contribution >= 4 is 33.4 Å². The van der Waals surface area contributed by atoms with E-state index in [4.69, 9.17) is 16.3 Å². The summed E-state index contributed by atoms with van der Waals surface area (Å²) in [5, 5.41) is 3.51. The predicted molar refractivity (Wildman–Crippen MR) is 92.6 cm³/mol. The molecule has 0 heterocycles. The summed E-state index contributed by atoms with van der Waals surface area (Å²) in [4.78, 5) is 12.2. The summed E-state index contributed by atoms with van der Waals surface area (Å²) in [7, 11) is 0. The SMILES string of the molecule is CCCOc1ccc(C(=O)NCc2ccccc2Cl)cc1Br. The number of benzene rings is 2. The molecule has 0 aliphatic carbocycles. The van der Waals surface area contributed by atoms with Crippen LogP contribution in [0.4, 0.5) is 0 Å². The van der Waals surface area contributed by atoms with Crippen LogP contribution in [-0.4, -0.2) is 12.5 Å². The Morgan fingerprint density at radius 2 is 2.05 bits per heavy atom. The fourth-order valence-electron chi connectivity index (χ4n) is 1.89. The van der Waals surface area contributed by atoms with Crippen LogP contribution in [0.25, 0.3) is 0 Å². The van der Waals surface area contributed by atoms with Crippen LogP contribution in [0.5, 0.6) is 5.75 Å². The molecule has 0 unspecified atom stereocenters. The van der Waals surface area contributed by atoms with Crippen LogP contribution in [-0.2, 0) is 6.54 Å². The lowest BCUT2D eigenvalue weighted by Gasteiger charge is -2.10. The molecule has 2 rings (SSSR count). The number of nitrogens with one attached hydrogen (secondary N) is 1. The number of hydrogen-bond acceptors (Lipinski definition) is 2. The first-order valence-corrected chi connectivity index (χ1v) is 8.23.